The highest BCUT2D eigenvalue weighted by Crippen LogP contribution is 2.45. The van der Waals surface area contributed by atoms with Gasteiger partial charge in [0.15, 0.2) is 0 Å². The van der Waals surface area contributed by atoms with E-state index >= 15 is 0 Å². The zero-order chi connectivity index (χ0) is 16.6. The van der Waals surface area contributed by atoms with Crippen LogP contribution in [0.1, 0.15) is 56.7 Å². The summed E-state index contributed by atoms with van der Waals surface area (Å²) in [5.74, 6) is 1.06. The molecule has 6 heteroatoms. The Morgan fingerprint density at radius 1 is 1.25 bits per heavy atom. The highest BCUT2D eigenvalue weighted by atomic mass is 16.5. The Balaban J connectivity index is 1.60. The van der Waals surface area contributed by atoms with Gasteiger partial charge in [-0.15, -0.1) is 0 Å². The van der Waals surface area contributed by atoms with Crippen LogP contribution in [0.4, 0.5) is 5.82 Å². The Morgan fingerprint density at radius 2 is 2.12 bits per heavy atom. The largest absolute Gasteiger partial charge is 0.463 e. The minimum absolute atomic E-state index is 0.0450. The second kappa shape index (κ2) is 6.48. The molecule has 2 N–H and O–H groups in total. The number of aliphatic hydroxyl groups is 1. The molecule has 1 atom stereocenters. The van der Waals surface area contributed by atoms with Gasteiger partial charge in [-0.3, -0.25) is 0 Å². The van der Waals surface area contributed by atoms with Gasteiger partial charge in [-0.25, -0.2) is 0 Å². The smallest absolute Gasteiger partial charge is 0.318 e. The summed E-state index contributed by atoms with van der Waals surface area (Å²) in [6, 6.07) is 0.982. The Labute approximate surface area is 143 Å². The first-order chi connectivity index (χ1) is 11.7. The maximum absolute atomic E-state index is 9.47. The molecule has 0 unspecified atom stereocenters. The predicted octanol–water partition coefficient (Wildman–Crippen LogP) is 2.00. The molecule has 3 aliphatic rings. The fraction of sp³-hybridized carbons (Fsp3) is 0.778. The number of nitrogens with zero attached hydrogens (tertiary/aromatic N) is 3. The third-order valence-corrected chi connectivity index (χ3v) is 5.77. The summed E-state index contributed by atoms with van der Waals surface area (Å²) in [6.45, 7) is 5.70. The summed E-state index contributed by atoms with van der Waals surface area (Å²) in [7, 11) is 0. The lowest BCUT2D eigenvalue weighted by Crippen LogP contribution is -2.34. The molecule has 1 aromatic heterocycles. The van der Waals surface area contributed by atoms with Crippen molar-refractivity contribution in [1.29, 1.82) is 0 Å². The van der Waals surface area contributed by atoms with Crippen LogP contribution in [0.15, 0.2) is 0 Å². The van der Waals surface area contributed by atoms with Crippen LogP contribution < -0.4 is 15.0 Å². The van der Waals surface area contributed by atoms with E-state index in [4.69, 9.17) is 9.72 Å². The molecule has 3 heterocycles. The van der Waals surface area contributed by atoms with E-state index in [9.17, 15) is 5.11 Å². The van der Waals surface area contributed by atoms with Crippen molar-refractivity contribution in [2.24, 2.45) is 5.41 Å². The Kier molecular flexibility index (Phi) is 4.35. The van der Waals surface area contributed by atoms with E-state index in [1.807, 2.05) is 0 Å². The summed E-state index contributed by atoms with van der Waals surface area (Å²) in [6.07, 6.45) is 7.11. The zero-order valence-corrected chi connectivity index (χ0v) is 14.6. The summed E-state index contributed by atoms with van der Waals surface area (Å²) in [5, 5.41) is 12.9. The lowest BCUT2D eigenvalue weighted by Gasteiger charge is -2.30. The van der Waals surface area contributed by atoms with Crippen LogP contribution in [-0.2, 0) is 13.1 Å². The van der Waals surface area contributed by atoms with E-state index in [2.05, 4.69) is 22.1 Å². The van der Waals surface area contributed by atoms with Gasteiger partial charge in [0.25, 0.3) is 0 Å². The number of aliphatic hydroxyl groups excluding tert-OH is 1. The van der Waals surface area contributed by atoms with Crippen molar-refractivity contribution >= 4 is 5.82 Å². The molecule has 1 saturated heterocycles. The minimum atomic E-state index is -0.0450. The standard InChI is InChI=1S/C18H28N4O2/c1-13-5-3-2-4-8-22(13)16-14-9-19-10-15(14)20-17(21-16)24-12-18(11-23)6-7-18/h13,19,23H,2-12H2,1H3/t13-/m1/s1. The molecule has 1 aliphatic carbocycles. The van der Waals surface area contributed by atoms with Crippen LogP contribution in [0.5, 0.6) is 6.01 Å². The molecule has 0 bridgehead atoms. The molecule has 2 fully saturated rings. The van der Waals surface area contributed by atoms with Gasteiger partial charge in [-0.05, 0) is 32.6 Å². The second-order valence-corrected chi connectivity index (χ2v) is 7.70. The quantitative estimate of drug-likeness (QED) is 0.859. The maximum Gasteiger partial charge on any atom is 0.318 e. The topological polar surface area (TPSA) is 70.5 Å². The number of nitrogens with one attached hydrogen (secondary N) is 1. The van der Waals surface area contributed by atoms with E-state index in [-0.39, 0.29) is 12.0 Å². The number of hydrogen-bond donors (Lipinski definition) is 2. The number of anilines is 1. The summed E-state index contributed by atoms with van der Waals surface area (Å²) < 4.78 is 5.91. The van der Waals surface area contributed by atoms with E-state index in [0.29, 0.717) is 18.7 Å². The van der Waals surface area contributed by atoms with Crippen LogP contribution in [0.2, 0.25) is 0 Å². The minimum Gasteiger partial charge on any atom is -0.463 e. The summed E-state index contributed by atoms with van der Waals surface area (Å²) >= 11 is 0. The molecular weight excluding hydrogens is 304 g/mol. The average molecular weight is 332 g/mol. The first kappa shape index (κ1) is 16.1. The van der Waals surface area contributed by atoms with Crippen LogP contribution in [0, 0.1) is 5.41 Å². The third-order valence-electron chi connectivity index (χ3n) is 5.77. The van der Waals surface area contributed by atoms with Gasteiger partial charge in [-0.2, -0.15) is 9.97 Å². The SMILES string of the molecule is C[C@@H]1CCCCCN1c1nc(OCC2(CO)CC2)nc2c1CNC2. The first-order valence-electron chi connectivity index (χ1n) is 9.32. The predicted molar refractivity (Wildman–Crippen MR) is 92.1 cm³/mol. The van der Waals surface area contributed by atoms with E-state index in [1.54, 1.807) is 0 Å². The molecule has 1 saturated carbocycles. The number of hydrogen-bond acceptors (Lipinski definition) is 6. The van der Waals surface area contributed by atoms with Crippen molar-refractivity contribution in [1.82, 2.24) is 15.3 Å². The summed E-state index contributed by atoms with van der Waals surface area (Å²) in [5.41, 5.74) is 2.26. The van der Waals surface area contributed by atoms with Crippen LogP contribution in [0.3, 0.4) is 0 Å². The Bertz CT molecular complexity index is 603. The third kappa shape index (κ3) is 3.09. The van der Waals surface area contributed by atoms with Crippen LogP contribution in [-0.4, -0.2) is 40.9 Å². The fourth-order valence-corrected chi connectivity index (χ4v) is 3.76. The molecule has 0 amide bonds. The molecule has 4 rings (SSSR count). The highest BCUT2D eigenvalue weighted by Gasteiger charge is 2.43. The van der Waals surface area contributed by atoms with Crippen molar-refractivity contribution in [3.63, 3.8) is 0 Å². The molecular formula is C18H28N4O2. The lowest BCUT2D eigenvalue weighted by molar-refractivity contribution is 0.140. The van der Waals surface area contributed by atoms with Gasteiger partial charge in [0.1, 0.15) is 5.82 Å². The highest BCUT2D eigenvalue weighted by molar-refractivity contribution is 5.52. The van der Waals surface area contributed by atoms with Crippen molar-refractivity contribution in [2.75, 3.05) is 24.7 Å². The van der Waals surface area contributed by atoms with Gasteiger partial charge >= 0.3 is 6.01 Å². The Hall–Kier alpha value is -1.40. The van der Waals surface area contributed by atoms with Gasteiger partial charge in [0.05, 0.1) is 18.9 Å². The van der Waals surface area contributed by atoms with Crippen LogP contribution >= 0.6 is 0 Å². The van der Waals surface area contributed by atoms with Crippen molar-refractivity contribution in [3.05, 3.63) is 11.3 Å². The molecule has 0 radical (unpaired) electrons. The molecule has 1 aromatic rings. The second-order valence-electron chi connectivity index (χ2n) is 7.70. The molecule has 132 valence electrons. The molecule has 0 spiro atoms. The van der Waals surface area contributed by atoms with Gasteiger partial charge in [0, 0.05) is 36.7 Å². The Morgan fingerprint density at radius 3 is 2.92 bits per heavy atom. The average Bonchev–Trinajstić information content (AvgIpc) is 3.28. The molecule has 0 aromatic carbocycles. The van der Waals surface area contributed by atoms with E-state index in [1.165, 1.54) is 31.2 Å². The fourth-order valence-electron chi connectivity index (χ4n) is 3.76. The number of fused-ring (bicyclic) bond motifs is 1. The van der Waals surface area contributed by atoms with E-state index in [0.717, 1.165) is 44.0 Å². The van der Waals surface area contributed by atoms with Crippen LogP contribution in [0.25, 0.3) is 0 Å². The number of ether oxygens (including phenoxy) is 1. The zero-order valence-electron chi connectivity index (χ0n) is 14.6. The monoisotopic (exact) mass is 332 g/mol. The maximum atomic E-state index is 9.47. The van der Waals surface area contributed by atoms with Gasteiger partial charge in [-0.1, -0.05) is 12.8 Å². The first-order valence-corrected chi connectivity index (χ1v) is 9.32. The van der Waals surface area contributed by atoms with Gasteiger partial charge in [0.2, 0.25) is 0 Å². The van der Waals surface area contributed by atoms with E-state index < -0.39 is 0 Å². The molecule has 2 aliphatic heterocycles. The van der Waals surface area contributed by atoms with Crippen molar-refractivity contribution < 1.29 is 9.84 Å². The molecule has 6 nitrogen and oxygen atoms in total. The van der Waals surface area contributed by atoms with Crippen molar-refractivity contribution in [3.8, 4) is 6.01 Å². The number of aromatic nitrogens is 2. The summed E-state index contributed by atoms with van der Waals surface area (Å²) in [4.78, 5) is 11.9. The van der Waals surface area contributed by atoms with Crippen molar-refractivity contribution in [2.45, 2.75) is 64.6 Å². The van der Waals surface area contributed by atoms with Gasteiger partial charge < -0.3 is 20.1 Å². The normalized spacial score (nSPS) is 25.2. The number of rotatable bonds is 5. The molecule has 24 heavy (non-hydrogen) atoms. The lowest BCUT2D eigenvalue weighted by atomic mass is 10.1.